The molecule has 112 valence electrons. The molecule has 3 nitrogen and oxygen atoms in total. The van der Waals surface area contributed by atoms with Crippen molar-refractivity contribution < 1.29 is 14.3 Å². The van der Waals surface area contributed by atoms with Crippen LogP contribution in [0.3, 0.4) is 0 Å². The molecule has 0 fully saturated rings. The number of aryl methyl sites for hydroxylation is 1. The van der Waals surface area contributed by atoms with Gasteiger partial charge in [0.2, 0.25) is 0 Å². The Kier molecular flexibility index (Phi) is 7.97. The van der Waals surface area contributed by atoms with Crippen molar-refractivity contribution in [1.82, 2.24) is 0 Å². The average Bonchev–Trinajstić information content (AvgIpc) is 2.46. The first kappa shape index (κ1) is 16.7. The number of ether oxygens (including phenoxy) is 2. The van der Waals surface area contributed by atoms with Gasteiger partial charge in [0.25, 0.3) is 0 Å². The topological polar surface area (TPSA) is 35.5 Å². The van der Waals surface area contributed by atoms with Crippen LogP contribution in [-0.4, -0.2) is 25.8 Å². The molecule has 0 saturated carbocycles. The van der Waals surface area contributed by atoms with E-state index in [0.29, 0.717) is 12.2 Å². The molecule has 0 aliphatic heterocycles. The van der Waals surface area contributed by atoms with Gasteiger partial charge in [-0.15, -0.1) is 0 Å². The Morgan fingerprint density at radius 1 is 1.15 bits per heavy atom. The maximum Gasteiger partial charge on any atom is 0.338 e. The average molecular weight is 278 g/mol. The Morgan fingerprint density at radius 2 is 1.85 bits per heavy atom. The summed E-state index contributed by atoms with van der Waals surface area (Å²) in [6, 6.07) is 7.68. The highest BCUT2D eigenvalue weighted by Gasteiger charge is 2.15. The summed E-state index contributed by atoms with van der Waals surface area (Å²) < 4.78 is 10.6. The Balaban J connectivity index is 2.58. The van der Waals surface area contributed by atoms with Gasteiger partial charge in [-0.3, -0.25) is 0 Å². The van der Waals surface area contributed by atoms with Crippen molar-refractivity contribution >= 4 is 5.97 Å². The lowest BCUT2D eigenvalue weighted by atomic mass is 10.1. The van der Waals surface area contributed by atoms with E-state index in [-0.39, 0.29) is 12.1 Å². The standard InChI is InChI=1S/C17H26O3/c1-4-6-8-16(13-19-3)20-17(18)15-11-9-14(7-5-2)10-12-15/h9-12,16H,4-8,13H2,1-3H3. The third kappa shape index (κ3) is 5.74. The van der Waals surface area contributed by atoms with Crippen LogP contribution < -0.4 is 0 Å². The molecule has 0 spiro atoms. The highest BCUT2D eigenvalue weighted by atomic mass is 16.6. The van der Waals surface area contributed by atoms with Gasteiger partial charge < -0.3 is 9.47 Å². The summed E-state index contributed by atoms with van der Waals surface area (Å²) in [5, 5.41) is 0. The Labute approximate surface area is 122 Å². The number of benzene rings is 1. The van der Waals surface area contributed by atoms with Gasteiger partial charge in [0, 0.05) is 7.11 Å². The van der Waals surface area contributed by atoms with Gasteiger partial charge in [0.15, 0.2) is 0 Å². The fourth-order valence-electron chi connectivity index (χ4n) is 2.11. The Bertz CT molecular complexity index is 384. The number of hydrogen-bond acceptors (Lipinski definition) is 3. The van der Waals surface area contributed by atoms with Gasteiger partial charge in [0.1, 0.15) is 6.10 Å². The van der Waals surface area contributed by atoms with Crippen molar-refractivity contribution in [3.63, 3.8) is 0 Å². The number of carbonyl (C=O) groups excluding carboxylic acids is 1. The van der Waals surface area contributed by atoms with Crippen LogP contribution in [0.5, 0.6) is 0 Å². The Hall–Kier alpha value is -1.35. The fourth-order valence-corrected chi connectivity index (χ4v) is 2.11. The van der Waals surface area contributed by atoms with Gasteiger partial charge in [-0.25, -0.2) is 4.79 Å². The normalized spacial score (nSPS) is 12.2. The van der Waals surface area contributed by atoms with E-state index in [0.717, 1.165) is 32.1 Å². The molecular weight excluding hydrogens is 252 g/mol. The predicted octanol–water partition coefficient (Wildman–Crippen LogP) is 4.00. The van der Waals surface area contributed by atoms with E-state index in [1.165, 1.54) is 5.56 Å². The second kappa shape index (κ2) is 9.54. The molecule has 0 aliphatic rings. The first-order valence-corrected chi connectivity index (χ1v) is 7.50. The van der Waals surface area contributed by atoms with E-state index in [1.54, 1.807) is 7.11 Å². The number of rotatable bonds is 9. The SMILES string of the molecule is CCCCC(COC)OC(=O)c1ccc(CCC)cc1. The second-order valence-electron chi connectivity index (χ2n) is 5.07. The molecule has 0 aromatic heterocycles. The third-order valence-electron chi connectivity index (χ3n) is 3.23. The Morgan fingerprint density at radius 3 is 2.40 bits per heavy atom. The van der Waals surface area contributed by atoms with Crippen LogP contribution in [0.4, 0.5) is 0 Å². The minimum atomic E-state index is -0.258. The van der Waals surface area contributed by atoms with Crippen molar-refractivity contribution in [3.05, 3.63) is 35.4 Å². The second-order valence-corrected chi connectivity index (χ2v) is 5.07. The lowest BCUT2D eigenvalue weighted by Gasteiger charge is -2.17. The smallest absolute Gasteiger partial charge is 0.338 e. The van der Waals surface area contributed by atoms with Crippen LogP contribution >= 0.6 is 0 Å². The first-order chi connectivity index (χ1) is 9.71. The molecule has 1 unspecified atom stereocenters. The van der Waals surface area contributed by atoms with Crippen LogP contribution in [-0.2, 0) is 15.9 Å². The lowest BCUT2D eigenvalue weighted by Crippen LogP contribution is -2.23. The molecule has 0 N–H and O–H groups in total. The molecule has 0 saturated heterocycles. The van der Waals surface area contributed by atoms with Crippen LogP contribution in [0.1, 0.15) is 55.5 Å². The number of esters is 1. The van der Waals surface area contributed by atoms with E-state index in [9.17, 15) is 4.79 Å². The van der Waals surface area contributed by atoms with Crippen molar-refractivity contribution in [3.8, 4) is 0 Å². The van der Waals surface area contributed by atoms with Crippen LogP contribution in [0.25, 0.3) is 0 Å². The summed E-state index contributed by atoms with van der Waals surface area (Å²) >= 11 is 0. The van der Waals surface area contributed by atoms with Crippen molar-refractivity contribution in [2.45, 2.75) is 52.1 Å². The molecule has 0 amide bonds. The van der Waals surface area contributed by atoms with Gasteiger partial charge in [0.05, 0.1) is 12.2 Å². The molecular formula is C17H26O3. The number of carbonyl (C=O) groups is 1. The van der Waals surface area contributed by atoms with E-state index in [4.69, 9.17) is 9.47 Å². The van der Waals surface area contributed by atoms with Crippen molar-refractivity contribution in [1.29, 1.82) is 0 Å². The summed E-state index contributed by atoms with van der Waals surface area (Å²) in [6.45, 7) is 4.73. The van der Waals surface area contributed by atoms with Crippen LogP contribution in [0.2, 0.25) is 0 Å². The maximum atomic E-state index is 12.1. The molecule has 20 heavy (non-hydrogen) atoms. The predicted molar refractivity (Wildman–Crippen MR) is 81.0 cm³/mol. The molecule has 0 heterocycles. The van der Waals surface area contributed by atoms with Gasteiger partial charge in [-0.1, -0.05) is 38.8 Å². The molecule has 1 aromatic carbocycles. The maximum absolute atomic E-state index is 12.1. The molecule has 0 bridgehead atoms. The fraction of sp³-hybridized carbons (Fsp3) is 0.588. The van der Waals surface area contributed by atoms with E-state index in [2.05, 4.69) is 13.8 Å². The molecule has 1 aromatic rings. The zero-order valence-electron chi connectivity index (χ0n) is 12.9. The van der Waals surface area contributed by atoms with Crippen LogP contribution in [0.15, 0.2) is 24.3 Å². The minimum Gasteiger partial charge on any atom is -0.456 e. The summed E-state index contributed by atoms with van der Waals surface area (Å²) in [7, 11) is 1.63. The van der Waals surface area contributed by atoms with Crippen molar-refractivity contribution in [2.75, 3.05) is 13.7 Å². The molecule has 0 aliphatic carbocycles. The largest absolute Gasteiger partial charge is 0.456 e. The lowest BCUT2D eigenvalue weighted by molar-refractivity contribution is 0.00251. The van der Waals surface area contributed by atoms with Crippen molar-refractivity contribution in [2.24, 2.45) is 0 Å². The van der Waals surface area contributed by atoms with E-state index in [1.807, 2.05) is 24.3 Å². The molecule has 1 rings (SSSR count). The highest BCUT2D eigenvalue weighted by molar-refractivity contribution is 5.89. The monoisotopic (exact) mass is 278 g/mol. The van der Waals surface area contributed by atoms with E-state index < -0.39 is 0 Å². The summed E-state index contributed by atoms with van der Waals surface area (Å²) in [4.78, 5) is 12.1. The van der Waals surface area contributed by atoms with Gasteiger partial charge >= 0.3 is 5.97 Å². The third-order valence-corrected chi connectivity index (χ3v) is 3.23. The summed E-state index contributed by atoms with van der Waals surface area (Å²) in [5.74, 6) is -0.258. The zero-order valence-corrected chi connectivity index (χ0v) is 12.9. The number of methoxy groups -OCH3 is 1. The van der Waals surface area contributed by atoms with Gasteiger partial charge in [-0.2, -0.15) is 0 Å². The highest BCUT2D eigenvalue weighted by Crippen LogP contribution is 2.12. The first-order valence-electron chi connectivity index (χ1n) is 7.50. The quantitative estimate of drug-likeness (QED) is 0.640. The molecule has 0 radical (unpaired) electrons. The zero-order chi connectivity index (χ0) is 14.8. The summed E-state index contributed by atoms with van der Waals surface area (Å²) in [5.41, 5.74) is 1.87. The van der Waals surface area contributed by atoms with Crippen LogP contribution in [0, 0.1) is 0 Å². The molecule has 3 heteroatoms. The summed E-state index contributed by atoms with van der Waals surface area (Å²) in [6.07, 6.45) is 4.97. The number of hydrogen-bond donors (Lipinski definition) is 0. The minimum absolute atomic E-state index is 0.150. The number of unbranched alkanes of at least 4 members (excludes halogenated alkanes) is 1. The van der Waals surface area contributed by atoms with E-state index >= 15 is 0 Å². The van der Waals surface area contributed by atoms with Gasteiger partial charge in [-0.05, 0) is 37.0 Å². The molecule has 1 atom stereocenters.